The second-order valence-electron chi connectivity index (χ2n) is 4.16. The summed E-state index contributed by atoms with van der Waals surface area (Å²) < 4.78 is 6.93. The predicted molar refractivity (Wildman–Crippen MR) is 67.3 cm³/mol. The van der Waals surface area contributed by atoms with Crippen molar-refractivity contribution >= 4 is 27.3 Å². The van der Waals surface area contributed by atoms with Gasteiger partial charge in [0.1, 0.15) is 0 Å². The van der Waals surface area contributed by atoms with Crippen molar-refractivity contribution in [1.82, 2.24) is 4.90 Å². The lowest BCUT2D eigenvalue weighted by atomic mass is 10.2. The largest absolute Gasteiger partial charge is 0.373 e. The van der Waals surface area contributed by atoms with Crippen LogP contribution in [0.4, 0.5) is 0 Å². The van der Waals surface area contributed by atoms with Crippen molar-refractivity contribution in [3.05, 3.63) is 20.8 Å². The zero-order valence-electron chi connectivity index (χ0n) is 9.07. The maximum atomic E-state index is 5.71. The van der Waals surface area contributed by atoms with E-state index in [1.165, 1.54) is 8.66 Å². The number of morpholine rings is 1. The summed E-state index contributed by atoms with van der Waals surface area (Å²) in [7, 11) is 0. The monoisotopic (exact) mass is 289 g/mol. The van der Waals surface area contributed by atoms with Crippen LogP contribution in [0.25, 0.3) is 0 Å². The van der Waals surface area contributed by atoms with Crippen molar-refractivity contribution in [3.63, 3.8) is 0 Å². The molecule has 0 unspecified atom stereocenters. The summed E-state index contributed by atoms with van der Waals surface area (Å²) in [5, 5.41) is 0. The Bertz CT molecular complexity index is 318. The number of thiophene rings is 1. The van der Waals surface area contributed by atoms with E-state index in [1.807, 2.05) is 11.3 Å². The third kappa shape index (κ3) is 3.28. The third-order valence-corrected chi connectivity index (χ3v) is 4.11. The van der Waals surface area contributed by atoms with Gasteiger partial charge in [0.25, 0.3) is 0 Å². The molecular formula is C11H16BrNOS. The minimum absolute atomic E-state index is 0.358. The molecule has 1 aliphatic rings. The molecule has 0 radical (unpaired) electrons. The van der Waals surface area contributed by atoms with Gasteiger partial charge in [-0.05, 0) is 41.9 Å². The molecule has 0 amide bonds. The quantitative estimate of drug-likeness (QED) is 0.830. The van der Waals surface area contributed by atoms with Gasteiger partial charge in [-0.3, -0.25) is 4.90 Å². The summed E-state index contributed by atoms with van der Waals surface area (Å²) in [6.07, 6.45) is 0.717. The third-order valence-electron chi connectivity index (χ3n) is 2.50. The number of ether oxygens (including phenoxy) is 1. The zero-order chi connectivity index (χ0) is 10.8. The second kappa shape index (κ2) is 4.95. The van der Waals surface area contributed by atoms with Crippen LogP contribution in [-0.2, 0) is 11.3 Å². The minimum atomic E-state index is 0.358. The first-order valence-corrected chi connectivity index (χ1v) is 6.86. The molecule has 0 bridgehead atoms. The normalized spacial score (nSPS) is 28.2. The molecule has 1 aromatic rings. The Hall–Kier alpha value is 0.1000. The van der Waals surface area contributed by atoms with Crippen molar-refractivity contribution in [3.8, 4) is 0 Å². The first-order valence-electron chi connectivity index (χ1n) is 5.25. The van der Waals surface area contributed by atoms with Crippen molar-refractivity contribution in [1.29, 1.82) is 0 Å². The fourth-order valence-electron chi connectivity index (χ4n) is 2.07. The molecule has 0 spiro atoms. The summed E-state index contributed by atoms with van der Waals surface area (Å²) in [6, 6.07) is 4.31. The van der Waals surface area contributed by atoms with Crippen LogP contribution >= 0.6 is 27.3 Å². The maximum absolute atomic E-state index is 5.71. The molecule has 15 heavy (non-hydrogen) atoms. The highest BCUT2D eigenvalue weighted by molar-refractivity contribution is 9.11. The maximum Gasteiger partial charge on any atom is 0.0701 e. The summed E-state index contributed by atoms with van der Waals surface area (Å²) in [4.78, 5) is 3.89. The predicted octanol–water partition coefficient (Wildman–Crippen LogP) is 3.12. The molecule has 0 saturated carbocycles. The fraction of sp³-hybridized carbons (Fsp3) is 0.636. The van der Waals surface area contributed by atoms with E-state index in [-0.39, 0.29) is 0 Å². The SMILES string of the molecule is C[C@H]1CN(Cc2ccc(Br)s2)C[C@H](C)O1. The van der Waals surface area contributed by atoms with E-state index < -0.39 is 0 Å². The smallest absolute Gasteiger partial charge is 0.0701 e. The van der Waals surface area contributed by atoms with Crippen LogP contribution in [-0.4, -0.2) is 30.2 Å². The first-order chi connectivity index (χ1) is 7.13. The van der Waals surface area contributed by atoms with Crippen LogP contribution in [0.1, 0.15) is 18.7 Å². The van der Waals surface area contributed by atoms with Crippen molar-refractivity contribution < 1.29 is 4.74 Å². The highest BCUT2D eigenvalue weighted by atomic mass is 79.9. The number of hydrogen-bond acceptors (Lipinski definition) is 3. The van der Waals surface area contributed by atoms with E-state index in [1.54, 1.807) is 0 Å². The fourth-order valence-corrected chi connectivity index (χ4v) is 3.60. The molecular weight excluding hydrogens is 274 g/mol. The highest BCUT2D eigenvalue weighted by Gasteiger charge is 2.22. The lowest BCUT2D eigenvalue weighted by molar-refractivity contribution is -0.0702. The van der Waals surface area contributed by atoms with Crippen molar-refractivity contribution in [2.45, 2.75) is 32.6 Å². The summed E-state index contributed by atoms with van der Waals surface area (Å²) in [5.41, 5.74) is 0. The van der Waals surface area contributed by atoms with Crippen LogP contribution in [0.15, 0.2) is 15.9 Å². The molecule has 2 heterocycles. The van der Waals surface area contributed by atoms with Gasteiger partial charge in [0, 0.05) is 24.5 Å². The Kier molecular flexibility index (Phi) is 3.83. The molecule has 0 aromatic carbocycles. The van der Waals surface area contributed by atoms with Crippen molar-refractivity contribution in [2.24, 2.45) is 0 Å². The Morgan fingerprint density at radius 2 is 2.07 bits per heavy atom. The van der Waals surface area contributed by atoms with Gasteiger partial charge < -0.3 is 4.74 Å². The van der Waals surface area contributed by atoms with Crippen LogP contribution in [0.3, 0.4) is 0 Å². The van der Waals surface area contributed by atoms with E-state index in [2.05, 4.69) is 46.8 Å². The van der Waals surface area contributed by atoms with Crippen molar-refractivity contribution in [2.75, 3.05) is 13.1 Å². The van der Waals surface area contributed by atoms with Gasteiger partial charge in [0.15, 0.2) is 0 Å². The van der Waals surface area contributed by atoms with Gasteiger partial charge in [-0.25, -0.2) is 0 Å². The standard InChI is InChI=1S/C11H16BrNOS/c1-8-5-13(6-9(2)14-8)7-10-3-4-11(12)15-10/h3-4,8-9H,5-7H2,1-2H3/t8-,9-/m0/s1. The second-order valence-corrected chi connectivity index (χ2v) is 6.70. The van der Waals surface area contributed by atoms with Gasteiger partial charge in [-0.15, -0.1) is 11.3 Å². The zero-order valence-corrected chi connectivity index (χ0v) is 11.5. The first kappa shape index (κ1) is 11.6. The van der Waals surface area contributed by atoms with Crippen LogP contribution in [0, 0.1) is 0 Å². The number of nitrogens with zero attached hydrogens (tertiary/aromatic N) is 1. The molecule has 4 heteroatoms. The average Bonchev–Trinajstić information content (AvgIpc) is 2.49. The lowest BCUT2D eigenvalue weighted by Crippen LogP contribution is -2.44. The molecule has 0 N–H and O–H groups in total. The van der Waals surface area contributed by atoms with E-state index in [0.29, 0.717) is 12.2 Å². The van der Waals surface area contributed by atoms with Crippen LogP contribution in [0.5, 0.6) is 0 Å². The molecule has 1 aliphatic heterocycles. The molecule has 84 valence electrons. The Morgan fingerprint density at radius 3 is 2.60 bits per heavy atom. The van der Waals surface area contributed by atoms with Gasteiger partial charge in [0.2, 0.25) is 0 Å². The highest BCUT2D eigenvalue weighted by Crippen LogP contribution is 2.24. The number of hydrogen-bond donors (Lipinski definition) is 0. The topological polar surface area (TPSA) is 12.5 Å². The van der Waals surface area contributed by atoms with Crippen LogP contribution < -0.4 is 0 Å². The van der Waals surface area contributed by atoms with Gasteiger partial charge >= 0.3 is 0 Å². The molecule has 1 aromatic heterocycles. The van der Waals surface area contributed by atoms with Crippen LogP contribution in [0.2, 0.25) is 0 Å². The molecule has 1 saturated heterocycles. The summed E-state index contributed by atoms with van der Waals surface area (Å²) in [5.74, 6) is 0. The average molecular weight is 290 g/mol. The van der Waals surface area contributed by atoms with Gasteiger partial charge in [-0.2, -0.15) is 0 Å². The van der Waals surface area contributed by atoms with E-state index in [9.17, 15) is 0 Å². The lowest BCUT2D eigenvalue weighted by Gasteiger charge is -2.34. The number of rotatable bonds is 2. The van der Waals surface area contributed by atoms with E-state index >= 15 is 0 Å². The summed E-state index contributed by atoms with van der Waals surface area (Å²) >= 11 is 5.31. The molecule has 2 atom stereocenters. The Morgan fingerprint density at radius 1 is 1.40 bits per heavy atom. The van der Waals surface area contributed by atoms with Gasteiger partial charge in [0.05, 0.1) is 16.0 Å². The molecule has 2 nitrogen and oxygen atoms in total. The minimum Gasteiger partial charge on any atom is -0.373 e. The van der Waals surface area contributed by atoms with E-state index in [4.69, 9.17) is 4.74 Å². The Labute approximate surface area is 103 Å². The van der Waals surface area contributed by atoms with Gasteiger partial charge in [-0.1, -0.05) is 0 Å². The molecule has 0 aliphatic carbocycles. The summed E-state index contributed by atoms with van der Waals surface area (Å²) in [6.45, 7) is 7.42. The number of halogens is 1. The Balaban J connectivity index is 1.94. The van der Waals surface area contributed by atoms with E-state index in [0.717, 1.165) is 19.6 Å². The molecule has 2 rings (SSSR count). The molecule has 1 fully saturated rings.